The monoisotopic (exact) mass is 272 g/mol. The molecule has 1 fully saturated rings. The van der Waals surface area contributed by atoms with Crippen LogP contribution < -0.4 is 5.56 Å². The number of nitrogens with zero attached hydrogens (tertiary/aromatic N) is 1. The number of aromatic nitrogens is 1. The number of aromatic amines is 1. The van der Waals surface area contributed by atoms with Gasteiger partial charge in [0.05, 0.1) is 6.61 Å². The van der Waals surface area contributed by atoms with Crippen molar-refractivity contribution in [2.75, 3.05) is 13.2 Å². The molecule has 1 saturated heterocycles. The van der Waals surface area contributed by atoms with E-state index < -0.39 is 0 Å². The average Bonchev–Trinajstić information content (AvgIpc) is 2.90. The molecule has 1 atom stereocenters. The van der Waals surface area contributed by atoms with Crippen molar-refractivity contribution in [3.8, 4) is 0 Å². The highest BCUT2D eigenvalue weighted by Crippen LogP contribution is 2.24. The van der Waals surface area contributed by atoms with Gasteiger partial charge in [0.25, 0.3) is 5.56 Å². The summed E-state index contributed by atoms with van der Waals surface area (Å²) in [4.78, 5) is 17.3. The number of hydrogen-bond donors (Lipinski definition) is 2. The van der Waals surface area contributed by atoms with Crippen LogP contribution in [0.25, 0.3) is 10.8 Å². The maximum atomic E-state index is 12.0. The summed E-state index contributed by atoms with van der Waals surface area (Å²) < 4.78 is 0. The van der Waals surface area contributed by atoms with E-state index >= 15 is 0 Å². The molecule has 0 spiro atoms. The first-order valence-corrected chi connectivity index (χ1v) is 7.16. The van der Waals surface area contributed by atoms with E-state index in [4.69, 9.17) is 0 Å². The molecule has 0 saturated carbocycles. The van der Waals surface area contributed by atoms with E-state index in [2.05, 4.69) is 9.88 Å². The second kappa shape index (κ2) is 5.38. The topological polar surface area (TPSA) is 56.3 Å². The van der Waals surface area contributed by atoms with Gasteiger partial charge in [0.15, 0.2) is 0 Å². The molecule has 0 aliphatic carbocycles. The van der Waals surface area contributed by atoms with Gasteiger partial charge in [-0.05, 0) is 43.3 Å². The van der Waals surface area contributed by atoms with E-state index in [1.54, 1.807) is 0 Å². The molecule has 0 amide bonds. The smallest absolute Gasteiger partial charge is 0.256 e. The minimum absolute atomic E-state index is 0.0259. The minimum atomic E-state index is -0.0259. The van der Waals surface area contributed by atoms with Gasteiger partial charge in [-0.25, -0.2) is 0 Å². The van der Waals surface area contributed by atoms with Crippen LogP contribution in [0.15, 0.2) is 29.1 Å². The zero-order valence-corrected chi connectivity index (χ0v) is 11.7. The van der Waals surface area contributed by atoms with E-state index in [0.717, 1.165) is 42.4 Å². The Labute approximate surface area is 118 Å². The molecule has 1 aliphatic rings. The molecule has 2 aromatic rings. The van der Waals surface area contributed by atoms with E-state index in [9.17, 15) is 9.90 Å². The van der Waals surface area contributed by atoms with E-state index in [1.807, 2.05) is 31.2 Å². The van der Waals surface area contributed by atoms with Crippen molar-refractivity contribution in [3.63, 3.8) is 0 Å². The Bertz CT molecular complexity index is 678. The quantitative estimate of drug-likeness (QED) is 0.895. The third-order valence-electron chi connectivity index (χ3n) is 4.32. The second-order valence-electron chi connectivity index (χ2n) is 5.55. The molecule has 20 heavy (non-hydrogen) atoms. The van der Waals surface area contributed by atoms with Crippen LogP contribution in [0.5, 0.6) is 0 Å². The number of H-pyrrole nitrogens is 1. The molecular formula is C16H20N2O2. The summed E-state index contributed by atoms with van der Waals surface area (Å²) in [5.41, 5.74) is 2.07. The van der Waals surface area contributed by atoms with Crippen LogP contribution in [0.3, 0.4) is 0 Å². The van der Waals surface area contributed by atoms with Crippen molar-refractivity contribution in [2.45, 2.75) is 32.4 Å². The molecule has 2 N–H and O–H groups in total. The molecule has 4 nitrogen and oxygen atoms in total. The number of benzene rings is 1. The molecule has 1 aromatic carbocycles. The lowest BCUT2D eigenvalue weighted by Crippen LogP contribution is -2.32. The molecule has 106 valence electrons. The number of rotatable bonds is 3. The molecule has 1 aromatic heterocycles. The summed E-state index contributed by atoms with van der Waals surface area (Å²) in [5.74, 6) is 0. The average molecular weight is 272 g/mol. The molecule has 0 radical (unpaired) electrons. The number of nitrogens with one attached hydrogen (secondary N) is 1. The Kier molecular flexibility index (Phi) is 3.59. The van der Waals surface area contributed by atoms with Gasteiger partial charge in [0, 0.05) is 23.7 Å². The molecule has 0 bridgehead atoms. The normalized spacial score (nSPS) is 19.8. The van der Waals surface area contributed by atoms with E-state index in [0.29, 0.717) is 0 Å². The molecule has 2 heterocycles. The standard InChI is InChI=1S/C16H20N2O2/c1-11-15(9-18-8-4-5-12(18)10-19)13-6-2-3-7-14(13)16(20)17-11/h2-3,6-7,12,19H,4-5,8-10H2,1H3,(H,17,20)/t12-/m1/s1. The zero-order chi connectivity index (χ0) is 14.1. The lowest BCUT2D eigenvalue weighted by molar-refractivity contribution is 0.153. The highest BCUT2D eigenvalue weighted by atomic mass is 16.3. The first-order valence-electron chi connectivity index (χ1n) is 7.16. The van der Waals surface area contributed by atoms with Crippen LogP contribution >= 0.6 is 0 Å². The summed E-state index contributed by atoms with van der Waals surface area (Å²) in [6.07, 6.45) is 2.18. The summed E-state index contributed by atoms with van der Waals surface area (Å²) >= 11 is 0. The van der Waals surface area contributed by atoms with Gasteiger partial charge in [0.2, 0.25) is 0 Å². The van der Waals surface area contributed by atoms with Crippen LogP contribution in [-0.2, 0) is 6.54 Å². The predicted molar refractivity (Wildman–Crippen MR) is 79.8 cm³/mol. The minimum Gasteiger partial charge on any atom is -0.395 e. The summed E-state index contributed by atoms with van der Waals surface area (Å²) in [5, 5.41) is 11.2. The second-order valence-corrected chi connectivity index (χ2v) is 5.55. The number of aliphatic hydroxyl groups excluding tert-OH is 1. The molecule has 0 unspecified atom stereocenters. The van der Waals surface area contributed by atoms with Crippen LogP contribution in [0.2, 0.25) is 0 Å². The number of hydrogen-bond acceptors (Lipinski definition) is 3. The van der Waals surface area contributed by atoms with Crippen LogP contribution in [0.4, 0.5) is 0 Å². The fraction of sp³-hybridized carbons (Fsp3) is 0.438. The van der Waals surface area contributed by atoms with Gasteiger partial charge in [-0.3, -0.25) is 9.69 Å². The lowest BCUT2D eigenvalue weighted by atomic mass is 10.0. The van der Waals surface area contributed by atoms with Crippen molar-refractivity contribution in [1.29, 1.82) is 0 Å². The number of likely N-dealkylation sites (tertiary alicyclic amines) is 1. The zero-order valence-electron chi connectivity index (χ0n) is 11.7. The molecular weight excluding hydrogens is 252 g/mol. The molecule has 4 heteroatoms. The van der Waals surface area contributed by atoms with Crippen LogP contribution in [0, 0.1) is 6.92 Å². The fourth-order valence-electron chi connectivity index (χ4n) is 3.18. The predicted octanol–water partition coefficient (Wildman–Crippen LogP) is 1.79. The van der Waals surface area contributed by atoms with Gasteiger partial charge in [-0.15, -0.1) is 0 Å². The van der Waals surface area contributed by atoms with Crippen molar-refractivity contribution in [2.24, 2.45) is 0 Å². The summed E-state index contributed by atoms with van der Waals surface area (Å²) in [7, 11) is 0. The first kappa shape index (κ1) is 13.3. The van der Waals surface area contributed by atoms with E-state index in [-0.39, 0.29) is 18.2 Å². The Balaban J connectivity index is 2.05. The van der Waals surface area contributed by atoms with Gasteiger partial charge in [0.1, 0.15) is 0 Å². The Morgan fingerprint density at radius 1 is 1.35 bits per heavy atom. The Morgan fingerprint density at radius 3 is 2.85 bits per heavy atom. The van der Waals surface area contributed by atoms with E-state index in [1.165, 1.54) is 5.56 Å². The third kappa shape index (κ3) is 2.25. The maximum absolute atomic E-state index is 12.0. The molecule has 3 rings (SSSR count). The third-order valence-corrected chi connectivity index (χ3v) is 4.32. The lowest BCUT2D eigenvalue weighted by Gasteiger charge is -2.24. The highest BCUT2D eigenvalue weighted by molar-refractivity contribution is 5.85. The Morgan fingerprint density at radius 2 is 2.10 bits per heavy atom. The largest absolute Gasteiger partial charge is 0.395 e. The number of fused-ring (bicyclic) bond motifs is 1. The van der Waals surface area contributed by atoms with Gasteiger partial charge < -0.3 is 10.1 Å². The Hall–Kier alpha value is -1.65. The van der Waals surface area contributed by atoms with Crippen molar-refractivity contribution in [3.05, 3.63) is 45.9 Å². The fourth-order valence-corrected chi connectivity index (χ4v) is 3.18. The summed E-state index contributed by atoms with van der Waals surface area (Å²) in [6.45, 7) is 3.96. The summed E-state index contributed by atoms with van der Waals surface area (Å²) in [6, 6.07) is 7.99. The van der Waals surface area contributed by atoms with Crippen molar-refractivity contribution in [1.82, 2.24) is 9.88 Å². The van der Waals surface area contributed by atoms with Gasteiger partial charge >= 0.3 is 0 Å². The van der Waals surface area contributed by atoms with Crippen LogP contribution in [0.1, 0.15) is 24.1 Å². The maximum Gasteiger partial charge on any atom is 0.256 e. The highest BCUT2D eigenvalue weighted by Gasteiger charge is 2.24. The number of aliphatic hydroxyl groups is 1. The number of pyridine rings is 1. The number of aryl methyl sites for hydroxylation is 1. The van der Waals surface area contributed by atoms with Crippen LogP contribution in [-0.4, -0.2) is 34.2 Å². The SMILES string of the molecule is Cc1[nH]c(=O)c2ccccc2c1CN1CCC[C@@H]1CO. The van der Waals surface area contributed by atoms with Crippen molar-refractivity contribution < 1.29 is 5.11 Å². The first-order chi connectivity index (χ1) is 9.70. The van der Waals surface area contributed by atoms with Gasteiger partial charge in [-0.2, -0.15) is 0 Å². The van der Waals surface area contributed by atoms with Crippen molar-refractivity contribution >= 4 is 10.8 Å². The van der Waals surface area contributed by atoms with Gasteiger partial charge in [-0.1, -0.05) is 18.2 Å². The molecule has 1 aliphatic heterocycles.